The van der Waals surface area contributed by atoms with Gasteiger partial charge in [-0.1, -0.05) is 6.07 Å². The van der Waals surface area contributed by atoms with E-state index in [0.29, 0.717) is 24.1 Å². The summed E-state index contributed by atoms with van der Waals surface area (Å²) in [5.74, 6) is -0.497. The number of fused-ring (bicyclic) bond motifs is 1. The zero-order valence-corrected chi connectivity index (χ0v) is 14.6. The first-order chi connectivity index (χ1) is 12.6. The van der Waals surface area contributed by atoms with Gasteiger partial charge in [-0.2, -0.15) is 5.10 Å². The summed E-state index contributed by atoms with van der Waals surface area (Å²) in [6.07, 6.45) is 3.58. The molecule has 1 saturated carbocycles. The predicted octanol–water partition coefficient (Wildman–Crippen LogP) is 2.29. The number of hydrogen-bond acceptors (Lipinski definition) is 4. The number of rotatable bonds is 5. The summed E-state index contributed by atoms with van der Waals surface area (Å²) < 4.78 is 19.1. The number of carbonyl (C=O) groups is 1. The van der Waals surface area contributed by atoms with Gasteiger partial charge in [-0.15, -0.1) is 0 Å². The van der Waals surface area contributed by atoms with Crippen molar-refractivity contribution < 1.29 is 19.0 Å². The van der Waals surface area contributed by atoms with Crippen LogP contribution in [-0.2, 0) is 12.8 Å². The number of halogens is 1. The van der Waals surface area contributed by atoms with Gasteiger partial charge in [-0.3, -0.25) is 9.89 Å². The van der Waals surface area contributed by atoms with Gasteiger partial charge in [0.05, 0.1) is 19.3 Å². The van der Waals surface area contributed by atoms with Crippen molar-refractivity contribution in [2.24, 2.45) is 5.92 Å². The lowest BCUT2D eigenvalue weighted by molar-refractivity contribution is 0.0234. The number of aliphatic hydroxyl groups is 1. The molecule has 0 aliphatic heterocycles. The SMILES string of the molecule is COc1ccc([C@@H](NC(=O)c2n[nH]c3c2CCC3)C2CC(O)C2)cc1F. The van der Waals surface area contributed by atoms with Crippen molar-refractivity contribution in [3.63, 3.8) is 0 Å². The van der Waals surface area contributed by atoms with E-state index < -0.39 is 5.82 Å². The van der Waals surface area contributed by atoms with Gasteiger partial charge in [0, 0.05) is 11.3 Å². The van der Waals surface area contributed by atoms with Crippen LogP contribution in [0.3, 0.4) is 0 Å². The van der Waals surface area contributed by atoms with Crippen molar-refractivity contribution in [1.82, 2.24) is 15.5 Å². The second kappa shape index (κ2) is 6.72. The Bertz CT molecular complexity index is 829. The number of H-pyrrole nitrogens is 1. The molecule has 1 aromatic heterocycles. The highest BCUT2D eigenvalue weighted by atomic mass is 19.1. The number of hydrogen-bond donors (Lipinski definition) is 3. The van der Waals surface area contributed by atoms with E-state index in [-0.39, 0.29) is 29.7 Å². The van der Waals surface area contributed by atoms with E-state index in [9.17, 15) is 14.3 Å². The standard InChI is InChI=1S/C19H22FN3O3/c1-26-16-6-5-10(9-14(16)20)17(11-7-12(24)8-11)21-19(25)18-13-3-2-4-15(13)22-23-18/h5-6,9,11-12,17,24H,2-4,7-8H2,1H3,(H,21,25)(H,22,23)/t11?,12?,17-/m1/s1. The molecule has 2 aromatic rings. The van der Waals surface area contributed by atoms with Gasteiger partial charge in [0.2, 0.25) is 0 Å². The number of aromatic nitrogens is 2. The highest BCUT2D eigenvalue weighted by Crippen LogP contribution is 2.39. The van der Waals surface area contributed by atoms with Crippen LogP contribution < -0.4 is 10.1 Å². The minimum atomic E-state index is -0.468. The van der Waals surface area contributed by atoms with E-state index in [4.69, 9.17) is 4.74 Å². The number of ether oxygens (including phenoxy) is 1. The third kappa shape index (κ3) is 2.96. The predicted molar refractivity (Wildman–Crippen MR) is 92.5 cm³/mol. The van der Waals surface area contributed by atoms with E-state index >= 15 is 0 Å². The number of nitrogens with one attached hydrogen (secondary N) is 2. The van der Waals surface area contributed by atoms with Crippen LogP contribution >= 0.6 is 0 Å². The summed E-state index contributed by atoms with van der Waals surface area (Å²) in [6.45, 7) is 0. The molecular weight excluding hydrogens is 337 g/mol. The summed E-state index contributed by atoms with van der Waals surface area (Å²) >= 11 is 0. The zero-order chi connectivity index (χ0) is 18.3. The number of carbonyl (C=O) groups excluding carboxylic acids is 1. The molecule has 4 rings (SSSR count). The van der Waals surface area contributed by atoms with Gasteiger partial charge in [0.1, 0.15) is 0 Å². The number of nitrogens with zero attached hydrogens (tertiary/aromatic N) is 1. The molecule has 1 amide bonds. The van der Waals surface area contributed by atoms with Crippen LogP contribution in [0.5, 0.6) is 5.75 Å². The quantitative estimate of drug-likeness (QED) is 0.764. The topological polar surface area (TPSA) is 87.2 Å². The van der Waals surface area contributed by atoms with Gasteiger partial charge in [-0.05, 0) is 55.7 Å². The lowest BCUT2D eigenvalue weighted by atomic mass is 9.75. The fraction of sp³-hybridized carbons (Fsp3) is 0.474. The zero-order valence-electron chi connectivity index (χ0n) is 14.6. The molecule has 1 fully saturated rings. The smallest absolute Gasteiger partial charge is 0.272 e. The minimum absolute atomic E-state index is 0.0636. The summed E-state index contributed by atoms with van der Waals surface area (Å²) in [7, 11) is 1.41. The Kier molecular flexibility index (Phi) is 4.40. The summed E-state index contributed by atoms with van der Waals surface area (Å²) in [5, 5.41) is 19.8. The number of aliphatic hydroxyl groups excluding tert-OH is 1. The van der Waals surface area contributed by atoms with E-state index in [1.165, 1.54) is 13.2 Å². The minimum Gasteiger partial charge on any atom is -0.494 e. The van der Waals surface area contributed by atoms with Crippen molar-refractivity contribution in [3.8, 4) is 5.75 Å². The summed E-state index contributed by atoms with van der Waals surface area (Å²) in [4.78, 5) is 12.8. The molecule has 1 atom stereocenters. The van der Waals surface area contributed by atoms with Crippen LogP contribution in [0.15, 0.2) is 18.2 Å². The maximum atomic E-state index is 14.2. The molecule has 0 saturated heterocycles. The molecule has 1 aromatic carbocycles. The molecule has 0 radical (unpaired) electrons. The average molecular weight is 359 g/mol. The highest BCUT2D eigenvalue weighted by molar-refractivity contribution is 5.94. The molecule has 26 heavy (non-hydrogen) atoms. The van der Waals surface area contributed by atoms with E-state index in [2.05, 4.69) is 15.5 Å². The van der Waals surface area contributed by atoms with Crippen LogP contribution in [-0.4, -0.2) is 34.4 Å². The Morgan fingerprint density at radius 2 is 2.23 bits per heavy atom. The number of aromatic amines is 1. The molecule has 0 bridgehead atoms. The first-order valence-electron chi connectivity index (χ1n) is 8.95. The maximum absolute atomic E-state index is 14.2. The van der Waals surface area contributed by atoms with Crippen LogP contribution in [0, 0.1) is 11.7 Å². The lowest BCUT2D eigenvalue weighted by Crippen LogP contribution is -2.41. The molecular formula is C19H22FN3O3. The van der Waals surface area contributed by atoms with E-state index in [1.807, 2.05) is 0 Å². The average Bonchev–Trinajstić information content (AvgIpc) is 3.20. The second-order valence-electron chi connectivity index (χ2n) is 7.11. The van der Waals surface area contributed by atoms with Crippen molar-refractivity contribution in [3.05, 3.63) is 46.5 Å². The van der Waals surface area contributed by atoms with Crippen LogP contribution in [0.25, 0.3) is 0 Å². The fourth-order valence-corrected chi connectivity index (χ4v) is 3.97. The molecule has 2 aliphatic rings. The molecule has 0 spiro atoms. The first kappa shape index (κ1) is 17.0. The molecule has 6 nitrogen and oxygen atoms in total. The lowest BCUT2D eigenvalue weighted by Gasteiger charge is -2.38. The molecule has 7 heteroatoms. The Hall–Kier alpha value is -2.41. The third-order valence-electron chi connectivity index (χ3n) is 5.46. The summed E-state index contributed by atoms with van der Waals surface area (Å²) in [6, 6.07) is 4.33. The van der Waals surface area contributed by atoms with Gasteiger partial charge in [0.15, 0.2) is 17.3 Å². The van der Waals surface area contributed by atoms with Crippen molar-refractivity contribution >= 4 is 5.91 Å². The molecule has 3 N–H and O–H groups in total. The van der Waals surface area contributed by atoms with Gasteiger partial charge >= 0.3 is 0 Å². The van der Waals surface area contributed by atoms with Crippen molar-refractivity contribution in [2.75, 3.05) is 7.11 Å². The Labute approximate surface area is 150 Å². The first-order valence-corrected chi connectivity index (χ1v) is 8.95. The molecule has 138 valence electrons. The number of amides is 1. The fourth-order valence-electron chi connectivity index (χ4n) is 3.97. The van der Waals surface area contributed by atoms with Gasteiger partial charge in [-0.25, -0.2) is 4.39 Å². The van der Waals surface area contributed by atoms with Crippen LogP contribution in [0.1, 0.15) is 52.6 Å². The Morgan fingerprint density at radius 3 is 2.92 bits per heavy atom. The highest BCUT2D eigenvalue weighted by Gasteiger charge is 2.37. The van der Waals surface area contributed by atoms with Crippen LogP contribution in [0.2, 0.25) is 0 Å². The largest absolute Gasteiger partial charge is 0.494 e. The normalized spacial score (nSPS) is 22.4. The van der Waals surface area contributed by atoms with Gasteiger partial charge < -0.3 is 15.2 Å². The molecule has 0 unspecified atom stereocenters. The van der Waals surface area contributed by atoms with Crippen molar-refractivity contribution in [2.45, 2.75) is 44.2 Å². The van der Waals surface area contributed by atoms with Crippen LogP contribution in [0.4, 0.5) is 4.39 Å². The monoisotopic (exact) mass is 359 g/mol. The Morgan fingerprint density at radius 1 is 1.42 bits per heavy atom. The number of methoxy groups -OCH3 is 1. The molecule has 1 heterocycles. The van der Waals surface area contributed by atoms with Gasteiger partial charge in [0.25, 0.3) is 5.91 Å². The summed E-state index contributed by atoms with van der Waals surface area (Å²) in [5.41, 5.74) is 3.11. The van der Waals surface area contributed by atoms with Crippen molar-refractivity contribution in [1.29, 1.82) is 0 Å². The number of benzene rings is 1. The third-order valence-corrected chi connectivity index (χ3v) is 5.46. The van der Waals surface area contributed by atoms with E-state index in [1.54, 1.807) is 12.1 Å². The van der Waals surface area contributed by atoms with E-state index in [0.717, 1.165) is 30.5 Å². The number of aryl methyl sites for hydroxylation is 1. The second-order valence-corrected chi connectivity index (χ2v) is 7.11. The Balaban J connectivity index is 1.59. The molecule has 2 aliphatic carbocycles. The maximum Gasteiger partial charge on any atom is 0.272 e.